The van der Waals surface area contributed by atoms with E-state index in [1.54, 1.807) is 6.07 Å². The van der Waals surface area contributed by atoms with Crippen molar-refractivity contribution >= 4 is 34.8 Å². The van der Waals surface area contributed by atoms with Crippen LogP contribution in [0.2, 0.25) is 10.0 Å². The van der Waals surface area contributed by atoms with Crippen molar-refractivity contribution in [2.45, 2.75) is 76.9 Å². The molecule has 194 valence electrons. The zero-order chi connectivity index (χ0) is 25.8. The Morgan fingerprint density at radius 3 is 2.47 bits per heavy atom. The van der Waals surface area contributed by atoms with E-state index in [9.17, 15) is 9.59 Å². The highest BCUT2D eigenvalue weighted by atomic mass is 35.5. The topological polar surface area (TPSA) is 63.4 Å². The number of rotatable bonds is 10. The molecule has 0 bridgehead atoms. The van der Waals surface area contributed by atoms with Crippen LogP contribution in [0.3, 0.4) is 0 Å². The number of carbonyl (C=O) groups is 2. The number of Topliss-reactive ketones (excluding diaryl/α,β-unsaturated/α-hetero) is 2. The Labute approximate surface area is 225 Å². The third-order valence-electron chi connectivity index (χ3n) is 7.94. The van der Waals surface area contributed by atoms with Crippen molar-refractivity contribution in [2.24, 2.45) is 23.5 Å². The molecule has 5 atom stereocenters. The maximum Gasteiger partial charge on any atom is 0.153 e. The van der Waals surface area contributed by atoms with Crippen LogP contribution in [-0.4, -0.2) is 41.1 Å². The number of nitrogens with zero attached hydrogens (tertiary/aromatic N) is 1. The SMILES string of the molecule is CC(C)C[C@H](C(=O)CCc1ccc(Cl)c(Cl)c1)C1CC(CCc2ccccc2)N2C[C@H](N)C[C@H]2C1=O. The number of halogens is 2. The molecular weight excluding hydrogens is 491 g/mol. The Hall–Kier alpha value is -1.72. The number of hydrogen-bond acceptors (Lipinski definition) is 4. The van der Waals surface area contributed by atoms with E-state index in [0.29, 0.717) is 35.2 Å². The Balaban J connectivity index is 1.51. The van der Waals surface area contributed by atoms with Gasteiger partial charge in [0.25, 0.3) is 0 Å². The first kappa shape index (κ1) is 27.3. The summed E-state index contributed by atoms with van der Waals surface area (Å²) >= 11 is 12.2. The van der Waals surface area contributed by atoms with Gasteiger partial charge in [0.05, 0.1) is 16.1 Å². The van der Waals surface area contributed by atoms with Crippen LogP contribution in [-0.2, 0) is 22.4 Å². The lowest BCUT2D eigenvalue weighted by Gasteiger charge is -2.43. The fraction of sp³-hybridized carbons (Fsp3) is 0.533. The molecule has 0 radical (unpaired) electrons. The van der Waals surface area contributed by atoms with Gasteiger partial charge >= 0.3 is 0 Å². The highest BCUT2D eigenvalue weighted by Crippen LogP contribution is 2.39. The smallest absolute Gasteiger partial charge is 0.153 e. The van der Waals surface area contributed by atoms with Crippen molar-refractivity contribution in [3.63, 3.8) is 0 Å². The van der Waals surface area contributed by atoms with E-state index in [0.717, 1.165) is 37.8 Å². The molecule has 2 N–H and O–H groups in total. The molecular formula is C30H38Cl2N2O2. The quantitative estimate of drug-likeness (QED) is 0.401. The van der Waals surface area contributed by atoms with Crippen LogP contribution in [0, 0.1) is 17.8 Å². The highest BCUT2D eigenvalue weighted by molar-refractivity contribution is 6.42. The van der Waals surface area contributed by atoms with Crippen molar-refractivity contribution in [1.82, 2.24) is 4.90 Å². The molecule has 4 nitrogen and oxygen atoms in total. The zero-order valence-electron chi connectivity index (χ0n) is 21.3. The summed E-state index contributed by atoms with van der Waals surface area (Å²) in [6.45, 7) is 5.04. The molecule has 6 heteroatoms. The number of fused-ring (bicyclic) bond motifs is 1. The molecule has 0 amide bonds. The fourth-order valence-corrected chi connectivity index (χ4v) is 6.49. The Bertz CT molecular complexity index is 1060. The van der Waals surface area contributed by atoms with Crippen LogP contribution < -0.4 is 5.73 Å². The number of ketones is 2. The van der Waals surface area contributed by atoms with E-state index in [4.69, 9.17) is 28.9 Å². The standard InChI is InChI=1S/C30H38Cl2N2O2/c1-19(2)14-24(29(35)13-10-21-9-12-26(31)27(32)15-21)25-17-23(11-8-20-6-4-3-5-7-20)34-18-22(33)16-28(34)30(25)36/h3-7,9,12,15,19,22-25,28H,8,10-11,13-14,16-18,33H2,1-2H3/t22-,23?,24+,25?,28+/m1/s1. The first-order valence-electron chi connectivity index (χ1n) is 13.3. The molecule has 2 fully saturated rings. The Morgan fingerprint density at radius 1 is 1.03 bits per heavy atom. The minimum Gasteiger partial charge on any atom is -0.326 e. The average Bonchev–Trinajstić information content (AvgIpc) is 3.25. The summed E-state index contributed by atoms with van der Waals surface area (Å²) in [4.78, 5) is 29.8. The molecule has 0 aromatic heterocycles. The predicted octanol–water partition coefficient (Wildman–Crippen LogP) is 6.15. The molecule has 36 heavy (non-hydrogen) atoms. The van der Waals surface area contributed by atoms with Gasteiger partial charge in [-0.1, -0.05) is 73.4 Å². The number of benzene rings is 2. The fourth-order valence-electron chi connectivity index (χ4n) is 6.17. The second-order valence-electron chi connectivity index (χ2n) is 11.1. The van der Waals surface area contributed by atoms with Crippen molar-refractivity contribution in [1.29, 1.82) is 0 Å². The number of carbonyl (C=O) groups excluding carboxylic acids is 2. The van der Waals surface area contributed by atoms with E-state index >= 15 is 0 Å². The lowest BCUT2D eigenvalue weighted by molar-refractivity contribution is -0.141. The molecule has 0 spiro atoms. The largest absolute Gasteiger partial charge is 0.326 e. The van der Waals surface area contributed by atoms with Gasteiger partial charge in [0.15, 0.2) is 5.78 Å². The summed E-state index contributed by atoms with van der Waals surface area (Å²) in [5, 5.41) is 1.01. The first-order chi connectivity index (χ1) is 17.2. The van der Waals surface area contributed by atoms with Crippen LogP contribution in [0.25, 0.3) is 0 Å². The highest BCUT2D eigenvalue weighted by Gasteiger charge is 2.49. The average molecular weight is 530 g/mol. The second-order valence-corrected chi connectivity index (χ2v) is 11.9. The molecule has 2 unspecified atom stereocenters. The van der Waals surface area contributed by atoms with Crippen molar-refractivity contribution in [3.8, 4) is 0 Å². The van der Waals surface area contributed by atoms with Gasteiger partial charge in [0, 0.05) is 36.9 Å². The van der Waals surface area contributed by atoms with E-state index in [1.807, 2.05) is 18.2 Å². The number of hydrogen-bond donors (Lipinski definition) is 1. The Morgan fingerprint density at radius 2 is 1.78 bits per heavy atom. The number of nitrogens with two attached hydrogens (primary N) is 1. The van der Waals surface area contributed by atoms with Crippen LogP contribution in [0.4, 0.5) is 0 Å². The molecule has 0 saturated carbocycles. The molecule has 2 aliphatic rings. The van der Waals surface area contributed by atoms with E-state index in [1.165, 1.54) is 5.56 Å². The summed E-state index contributed by atoms with van der Waals surface area (Å²) in [5.74, 6) is 0.265. The van der Waals surface area contributed by atoms with Gasteiger partial charge in [-0.3, -0.25) is 14.5 Å². The molecule has 2 aromatic rings. The summed E-state index contributed by atoms with van der Waals surface area (Å²) in [6, 6.07) is 16.2. The maximum absolute atomic E-state index is 13.8. The lowest BCUT2D eigenvalue weighted by atomic mass is 9.71. The van der Waals surface area contributed by atoms with Gasteiger partial charge in [-0.25, -0.2) is 0 Å². The third kappa shape index (κ3) is 6.58. The van der Waals surface area contributed by atoms with Gasteiger partial charge < -0.3 is 5.73 Å². The monoisotopic (exact) mass is 528 g/mol. The Kier molecular flexibility index (Phi) is 9.27. The lowest BCUT2D eigenvalue weighted by Crippen LogP contribution is -2.54. The third-order valence-corrected chi connectivity index (χ3v) is 8.68. The first-order valence-corrected chi connectivity index (χ1v) is 14.0. The second kappa shape index (κ2) is 12.2. The van der Waals surface area contributed by atoms with Crippen molar-refractivity contribution in [3.05, 3.63) is 69.7 Å². The van der Waals surface area contributed by atoms with Crippen LogP contribution in [0.15, 0.2) is 48.5 Å². The normalized spacial score (nSPS) is 25.2. The van der Waals surface area contributed by atoms with Gasteiger partial charge in [0.2, 0.25) is 0 Å². The predicted molar refractivity (Wildman–Crippen MR) is 147 cm³/mol. The zero-order valence-corrected chi connectivity index (χ0v) is 22.8. The number of piperidine rings is 1. The van der Waals surface area contributed by atoms with Gasteiger partial charge in [0.1, 0.15) is 5.78 Å². The molecule has 2 saturated heterocycles. The minimum absolute atomic E-state index is 0.0193. The van der Waals surface area contributed by atoms with E-state index < -0.39 is 0 Å². The maximum atomic E-state index is 13.8. The van der Waals surface area contributed by atoms with Crippen molar-refractivity contribution in [2.75, 3.05) is 6.54 Å². The molecule has 2 aliphatic heterocycles. The summed E-state index contributed by atoms with van der Waals surface area (Å²) in [5.41, 5.74) is 8.64. The molecule has 4 rings (SSSR count). The van der Waals surface area contributed by atoms with E-state index in [-0.39, 0.29) is 41.5 Å². The summed E-state index contributed by atoms with van der Waals surface area (Å²) < 4.78 is 0. The van der Waals surface area contributed by atoms with Gasteiger partial charge in [-0.15, -0.1) is 0 Å². The summed E-state index contributed by atoms with van der Waals surface area (Å²) in [6.07, 6.45) is 5.12. The van der Waals surface area contributed by atoms with Crippen LogP contribution in [0.1, 0.15) is 57.1 Å². The van der Waals surface area contributed by atoms with Gasteiger partial charge in [-0.2, -0.15) is 0 Å². The molecule has 2 heterocycles. The minimum atomic E-state index is -0.251. The van der Waals surface area contributed by atoms with Gasteiger partial charge in [-0.05, 0) is 67.7 Å². The van der Waals surface area contributed by atoms with Crippen LogP contribution in [0.5, 0.6) is 0 Å². The van der Waals surface area contributed by atoms with Crippen LogP contribution >= 0.6 is 23.2 Å². The molecule has 2 aromatic carbocycles. The number of aryl methyl sites for hydroxylation is 2. The van der Waals surface area contributed by atoms with Crippen molar-refractivity contribution < 1.29 is 9.59 Å². The summed E-state index contributed by atoms with van der Waals surface area (Å²) in [7, 11) is 0. The van der Waals surface area contributed by atoms with E-state index in [2.05, 4.69) is 43.0 Å². The molecule has 0 aliphatic carbocycles.